The highest BCUT2D eigenvalue weighted by Gasteiger charge is 2.78. The Hall–Kier alpha value is -3.56. The van der Waals surface area contributed by atoms with Crippen molar-refractivity contribution in [3.63, 3.8) is 0 Å². The number of likely N-dealkylation sites (N-methyl/N-ethyl adjacent to an activating group) is 1. The van der Waals surface area contributed by atoms with Crippen molar-refractivity contribution in [1.29, 1.82) is 0 Å². The molecule has 2 saturated carbocycles. The predicted octanol–water partition coefficient (Wildman–Crippen LogP) is 7.95. The molecule has 2 aliphatic rings. The van der Waals surface area contributed by atoms with Crippen LogP contribution in [0.5, 0.6) is 11.5 Å². The van der Waals surface area contributed by atoms with Gasteiger partial charge in [0.25, 0.3) is 10.0 Å². The molecule has 3 aromatic carbocycles. The van der Waals surface area contributed by atoms with Gasteiger partial charge in [-0.25, -0.2) is 27.1 Å². The van der Waals surface area contributed by atoms with Gasteiger partial charge in [0.2, 0.25) is 0 Å². The summed E-state index contributed by atoms with van der Waals surface area (Å²) < 4.78 is 95.8. The first-order valence-corrected chi connectivity index (χ1v) is 18.5. The quantitative estimate of drug-likeness (QED) is 0.121. The lowest BCUT2D eigenvalue weighted by molar-refractivity contribution is -0.137. The third kappa shape index (κ3) is 6.72. The number of anilines is 2. The Morgan fingerprint density at radius 1 is 1.04 bits per heavy atom. The van der Waals surface area contributed by atoms with Crippen LogP contribution >= 0.6 is 34.8 Å². The zero-order valence-corrected chi connectivity index (χ0v) is 31.3. The number of nitrogens with one attached hydrogen (secondary N) is 1. The standard InChI is InChI=1S/C35H34Cl3F4N5O4S/c1-46(2)28-17-33(21-6-5-7-22(12-21)35(40,41)42)31(34(33,37)38)16-27(28)45-26-15-25(39)30(14-24(26)36)52(48,49)47(32-10-11-43-19-44-32)18-20-8-9-23(50-3)13-29(20)51-4/h5-15,19,27-28,31,45H,16-18H2,1-4H3/t27-,28-,31+,33+/m0/s1. The van der Waals surface area contributed by atoms with Crippen LogP contribution in [0.3, 0.4) is 0 Å². The van der Waals surface area contributed by atoms with Crippen molar-refractivity contribution < 1.29 is 35.5 Å². The van der Waals surface area contributed by atoms with Crippen LogP contribution in [0.4, 0.5) is 29.1 Å². The molecule has 0 amide bonds. The van der Waals surface area contributed by atoms with Crippen molar-refractivity contribution in [2.45, 2.75) is 52.3 Å². The van der Waals surface area contributed by atoms with E-state index < -0.39 is 54.2 Å². The summed E-state index contributed by atoms with van der Waals surface area (Å²) in [4.78, 5) is 9.18. The number of rotatable bonds is 11. The van der Waals surface area contributed by atoms with Crippen molar-refractivity contribution in [2.24, 2.45) is 5.92 Å². The van der Waals surface area contributed by atoms with Gasteiger partial charge in [-0.1, -0.05) is 29.8 Å². The van der Waals surface area contributed by atoms with E-state index in [1.807, 2.05) is 19.0 Å². The topological polar surface area (TPSA) is 96.9 Å². The second-order valence-corrected chi connectivity index (χ2v) is 16.6. The van der Waals surface area contributed by atoms with Crippen LogP contribution in [-0.4, -0.2) is 68.0 Å². The molecule has 2 fully saturated rings. The molecule has 52 heavy (non-hydrogen) atoms. The first-order chi connectivity index (χ1) is 24.4. The number of aromatic nitrogens is 2. The van der Waals surface area contributed by atoms with E-state index in [-0.39, 0.29) is 35.5 Å². The molecule has 0 bridgehead atoms. The van der Waals surface area contributed by atoms with Gasteiger partial charge in [-0.3, -0.25) is 0 Å². The largest absolute Gasteiger partial charge is 0.497 e. The number of alkyl halides is 5. The Labute approximate surface area is 313 Å². The predicted molar refractivity (Wildman–Crippen MR) is 192 cm³/mol. The first kappa shape index (κ1) is 38.2. The molecule has 0 unspecified atom stereocenters. The van der Waals surface area contributed by atoms with E-state index in [4.69, 9.17) is 44.3 Å². The van der Waals surface area contributed by atoms with E-state index >= 15 is 4.39 Å². The lowest BCUT2D eigenvalue weighted by Gasteiger charge is -2.40. The van der Waals surface area contributed by atoms with Gasteiger partial charge in [-0.05, 0) is 62.8 Å². The highest BCUT2D eigenvalue weighted by atomic mass is 35.5. The van der Waals surface area contributed by atoms with Crippen molar-refractivity contribution in [3.05, 3.63) is 101 Å². The first-order valence-electron chi connectivity index (χ1n) is 15.9. The normalized spacial score (nSPS) is 22.4. The van der Waals surface area contributed by atoms with Gasteiger partial charge in [0.15, 0.2) is 0 Å². The van der Waals surface area contributed by atoms with Crippen LogP contribution in [0.1, 0.15) is 29.5 Å². The Kier molecular flexibility index (Phi) is 10.3. The van der Waals surface area contributed by atoms with Crippen LogP contribution in [0, 0.1) is 11.7 Å². The molecule has 17 heteroatoms. The molecule has 0 saturated heterocycles. The number of sulfonamides is 1. The Morgan fingerprint density at radius 2 is 1.79 bits per heavy atom. The summed E-state index contributed by atoms with van der Waals surface area (Å²) in [7, 11) is 1.88. The molecule has 278 valence electrons. The summed E-state index contributed by atoms with van der Waals surface area (Å²) >= 11 is 20.4. The van der Waals surface area contributed by atoms with Gasteiger partial charge in [-0.15, -0.1) is 23.2 Å². The number of hydrogen-bond donors (Lipinski definition) is 1. The summed E-state index contributed by atoms with van der Waals surface area (Å²) in [6, 6.07) is 12.5. The van der Waals surface area contributed by atoms with E-state index in [0.29, 0.717) is 29.0 Å². The monoisotopic (exact) mass is 801 g/mol. The zero-order valence-electron chi connectivity index (χ0n) is 28.3. The van der Waals surface area contributed by atoms with Gasteiger partial charge >= 0.3 is 6.18 Å². The summed E-state index contributed by atoms with van der Waals surface area (Å²) in [6.07, 6.45) is -1.44. The average molecular weight is 803 g/mol. The van der Waals surface area contributed by atoms with Crippen LogP contribution in [0.15, 0.2) is 78.1 Å². The number of ether oxygens (including phenoxy) is 2. The second kappa shape index (κ2) is 14.0. The van der Waals surface area contributed by atoms with Crippen LogP contribution in [0.25, 0.3) is 0 Å². The molecule has 2 aliphatic carbocycles. The number of hydrogen-bond acceptors (Lipinski definition) is 8. The lowest BCUT2D eigenvalue weighted by atomic mass is 9.77. The Balaban J connectivity index is 1.31. The SMILES string of the molecule is COc1ccc(CN(c2ccncn2)S(=O)(=O)c2cc(Cl)c(N[C@H]3C[C@H]4C(Cl)(Cl)[C@@]4(c4cccc(C(F)(F)F)c4)C[C@@H]3N(C)C)cc2F)c(OC)c1. The molecule has 0 aliphatic heterocycles. The molecule has 9 nitrogen and oxygen atoms in total. The van der Waals surface area contributed by atoms with Crippen molar-refractivity contribution in [3.8, 4) is 11.5 Å². The zero-order chi connectivity index (χ0) is 37.8. The maximum Gasteiger partial charge on any atom is 0.416 e. The van der Waals surface area contributed by atoms with Gasteiger partial charge in [-0.2, -0.15) is 13.2 Å². The highest BCUT2D eigenvalue weighted by molar-refractivity contribution is 7.92. The molecule has 6 rings (SSSR count). The van der Waals surface area contributed by atoms with Crippen LogP contribution < -0.4 is 19.1 Å². The summed E-state index contributed by atoms with van der Waals surface area (Å²) in [5.41, 5.74) is -0.814. The molecule has 1 aromatic heterocycles. The molecule has 0 radical (unpaired) electrons. The third-order valence-corrected chi connectivity index (χ3v) is 13.2. The summed E-state index contributed by atoms with van der Waals surface area (Å²) in [5, 5.41) is 3.17. The summed E-state index contributed by atoms with van der Waals surface area (Å²) in [5.74, 6) is -0.738. The molecule has 0 spiro atoms. The second-order valence-electron chi connectivity index (χ2n) is 13.0. The minimum atomic E-state index is -4.64. The summed E-state index contributed by atoms with van der Waals surface area (Å²) in [6.45, 7) is -0.288. The molecule has 4 aromatic rings. The van der Waals surface area contributed by atoms with Crippen LogP contribution in [0.2, 0.25) is 5.02 Å². The van der Waals surface area contributed by atoms with E-state index in [2.05, 4.69) is 15.3 Å². The van der Waals surface area contributed by atoms with Gasteiger partial charge in [0.05, 0.1) is 37.0 Å². The average Bonchev–Trinajstić information content (AvgIpc) is 3.61. The van der Waals surface area contributed by atoms with Crippen molar-refractivity contribution in [2.75, 3.05) is 37.9 Å². The van der Waals surface area contributed by atoms with Crippen molar-refractivity contribution in [1.82, 2.24) is 14.9 Å². The van der Waals surface area contributed by atoms with Gasteiger partial charge in [0, 0.05) is 47.3 Å². The molecular weight excluding hydrogens is 769 g/mol. The lowest BCUT2D eigenvalue weighted by Crippen LogP contribution is -2.49. The minimum Gasteiger partial charge on any atom is -0.497 e. The van der Waals surface area contributed by atoms with E-state index in [0.717, 1.165) is 28.6 Å². The maximum absolute atomic E-state index is 16.1. The number of halogens is 7. The van der Waals surface area contributed by atoms with E-state index in [1.54, 1.807) is 24.3 Å². The van der Waals surface area contributed by atoms with E-state index in [1.165, 1.54) is 38.9 Å². The Morgan fingerprint density at radius 3 is 2.42 bits per heavy atom. The van der Waals surface area contributed by atoms with Crippen LogP contribution in [-0.2, 0) is 28.2 Å². The molecule has 4 atom stereocenters. The number of benzene rings is 3. The van der Waals surface area contributed by atoms with Gasteiger partial charge in [0.1, 0.15) is 38.7 Å². The fourth-order valence-electron chi connectivity index (χ4n) is 7.24. The number of fused-ring (bicyclic) bond motifs is 1. The van der Waals surface area contributed by atoms with Crippen molar-refractivity contribution >= 4 is 56.3 Å². The smallest absolute Gasteiger partial charge is 0.416 e. The van der Waals surface area contributed by atoms with Gasteiger partial charge < -0.3 is 19.7 Å². The number of methoxy groups -OCH3 is 2. The Bertz CT molecular complexity index is 2080. The molecular formula is C35H34Cl3F4N5O4S. The molecule has 1 heterocycles. The number of nitrogens with zero attached hydrogens (tertiary/aromatic N) is 4. The third-order valence-electron chi connectivity index (χ3n) is 9.96. The minimum absolute atomic E-state index is 0.0269. The highest BCUT2D eigenvalue weighted by Crippen LogP contribution is 2.75. The maximum atomic E-state index is 16.1. The molecule has 1 N–H and O–H groups in total. The fourth-order valence-corrected chi connectivity index (χ4v) is 10.1. The fraction of sp³-hybridized carbons (Fsp3) is 0.371. The van der Waals surface area contributed by atoms with E-state index in [9.17, 15) is 21.6 Å².